The fourth-order valence-corrected chi connectivity index (χ4v) is 6.04. The van der Waals surface area contributed by atoms with Gasteiger partial charge in [0.05, 0.1) is 12.8 Å². The zero-order valence-electron chi connectivity index (χ0n) is 19.8. The number of carbonyl (C=O) groups excluding carboxylic acids is 1. The largest absolute Gasteiger partial charge is 0.495 e. The SMILES string of the molecule is COc1ccc(C(=O)N(Cc2ccccc2)C(C)C)cc1S(=O)(=O)N1CCCc2ccccc21. The minimum absolute atomic E-state index is 0.000898. The molecule has 3 aromatic carbocycles. The Morgan fingerprint density at radius 1 is 1.03 bits per heavy atom. The summed E-state index contributed by atoms with van der Waals surface area (Å²) < 4.78 is 34.5. The van der Waals surface area contributed by atoms with E-state index < -0.39 is 10.0 Å². The second-order valence-corrected chi connectivity index (χ2v) is 10.5. The number of sulfonamides is 1. The summed E-state index contributed by atoms with van der Waals surface area (Å²) in [7, 11) is -2.50. The maximum Gasteiger partial charge on any atom is 0.268 e. The molecule has 178 valence electrons. The second kappa shape index (κ2) is 9.89. The van der Waals surface area contributed by atoms with Crippen molar-refractivity contribution in [1.29, 1.82) is 0 Å². The summed E-state index contributed by atoms with van der Waals surface area (Å²) >= 11 is 0. The third-order valence-electron chi connectivity index (χ3n) is 6.13. The number of amides is 1. The van der Waals surface area contributed by atoms with E-state index in [0.29, 0.717) is 24.3 Å². The third-order valence-corrected chi connectivity index (χ3v) is 7.96. The van der Waals surface area contributed by atoms with Crippen LogP contribution in [0.15, 0.2) is 77.7 Å². The van der Waals surface area contributed by atoms with Gasteiger partial charge >= 0.3 is 0 Å². The number of nitrogens with zero attached hydrogens (tertiary/aromatic N) is 2. The van der Waals surface area contributed by atoms with E-state index in [4.69, 9.17) is 4.74 Å². The molecule has 0 radical (unpaired) electrons. The van der Waals surface area contributed by atoms with E-state index in [1.807, 2.05) is 68.4 Å². The molecule has 0 atom stereocenters. The van der Waals surface area contributed by atoms with Crippen LogP contribution in [-0.4, -0.2) is 38.9 Å². The average Bonchev–Trinajstić information content (AvgIpc) is 2.86. The molecule has 1 amide bonds. The van der Waals surface area contributed by atoms with Crippen molar-refractivity contribution in [2.24, 2.45) is 0 Å². The molecule has 3 aromatic rings. The van der Waals surface area contributed by atoms with Gasteiger partial charge in [0.1, 0.15) is 10.6 Å². The first-order chi connectivity index (χ1) is 16.3. The van der Waals surface area contributed by atoms with Crippen LogP contribution in [-0.2, 0) is 23.0 Å². The van der Waals surface area contributed by atoms with Crippen molar-refractivity contribution in [2.45, 2.75) is 44.2 Å². The summed E-state index contributed by atoms with van der Waals surface area (Å²) in [5, 5.41) is 0. The van der Waals surface area contributed by atoms with Crippen LogP contribution >= 0.6 is 0 Å². The van der Waals surface area contributed by atoms with Crippen molar-refractivity contribution >= 4 is 21.6 Å². The smallest absolute Gasteiger partial charge is 0.268 e. The lowest BCUT2D eigenvalue weighted by Gasteiger charge is -2.31. The first kappa shape index (κ1) is 23.8. The number of fused-ring (bicyclic) bond motifs is 1. The fourth-order valence-electron chi connectivity index (χ4n) is 4.31. The predicted octanol–water partition coefficient (Wildman–Crippen LogP) is 4.89. The highest BCUT2D eigenvalue weighted by molar-refractivity contribution is 7.93. The molecule has 4 rings (SSSR count). The lowest BCUT2D eigenvalue weighted by Crippen LogP contribution is -2.37. The molecule has 0 spiro atoms. The number of hydrogen-bond donors (Lipinski definition) is 0. The van der Waals surface area contributed by atoms with Crippen LogP contribution in [0.3, 0.4) is 0 Å². The minimum Gasteiger partial charge on any atom is -0.495 e. The van der Waals surface area contributed by atoms with Gasteiger partial charge in [-0.2, -0.15) is 0 Å². The van der Waals surface area contributed by atoms with Gasteiger partial charge in [-0.05, 0) is 62.1 Å². The van der Waals surface area contributed by atoms with E-state index in [-0.39, 0.29) is 22.6 Å². The zero-order chi connectivity index (χ0) is 24.3. The first-order valence-electron chi connectivity index (χ1n) is 11.5. The van der Waals surface area contributed by atoms with Gasteiger partial charge in [0.2, 0.25) is 0 Å². The molecular formula is C27H30N2O4S. The van der Waals surface area contributed by atoms with E-state index in [0.717, 1.165) is 24.0 Å². The summed E-state index contributed by atoms with van der Waals surface area (Å²) in [5.74, 6) is -0.00392. The van der Waals surface area contributed by atoms with Crippen LogP contribution in [0, 0.1) is 0 Å². The van der Waals surface area contributed by atoms with Crippen molar-refractivity contribution < 1.29 is 17.9 Å². The first-order valence-corrected chi connectivity index (χ1v) is 12.9. The Morgan fingerprint density at radius 2 is 1.74 bits per heavy atom. The Morgan fingerprint density at radius 3 is 2.44 bits per heavy atom. The molecule has 0 aromatic heterocycles. The van der Waals surface area contributed by atoms with Crippen LogP contribution in [0.1, 0.15) is 41.8 Å². The van der Waals surface area contributed by atoms with Gasteiger partial charge < -0.3 is 9.64 Å². The number of aryl methyl sites for hydroxylation is 1. The molecule has 0 saturated carbocycles. The lowest BCUT2D eigenvalue weighted by molar-refractivity contribution is 0.0690. The van der Waals surface area contributed by atoms with Gasteiger partial charge in [-0.25, -0.2) is 8.42 Å². The molecule has 6 nitrogen and oxygen atoms in total. The Balaban J connectivity index is 1.73. The highest BCUT2D eigenvalue weighted by atomic mass is 32.2. The topological polar surface area (TPSA) is 66.9 Å². The van der Waals surface area contributed by atoms with Crippen molar-refractivity contribution in [3.05, 3.63) is 89.5 Å². The summed E-state index contributed by atoms with van der Waals surface area (Å²) in [5.41, 5.74) is 3.00. The molecule has 0 N–H and O–H groups in total. The van der Waals surface area contributed by atoms with Gasteiger partial charge in [0, 0.05) is 24.7 Å². The maximum atomic E-state index is 13.8. The number of benzene rings is 3. The standard InChI is InChI=1S/C27H30N2O4S/c1-20(2)28(19-21-10-5-4-6-11-21)27(30)23-15-16-25(33-3)26(18-23)34(31,32)29-17-9-13-22-12-7-8-14-24(22)29/h4-8,10-12,14-16,18,20H,9,13,17,19H2,1-3H3. The molecule has 34 heavy (non-hydrogen) atoms. The highest BCUT2D eigenvalue weighted by Crippen LogP contribution is 2.35. The van der Waals surface area contributed by atoms with E-state index in [2.05, 4.69) is 0 Å². The Labute approximate surface area is 201 Å². The van der Waals surface area contributed by atoms with Gasteiger partial charge in [-0.1, -0.05) is 48.5 Å². The Hall–Kier alpha value is -3.32. The predicted molar refractivity (Wildman–Crippen MR) is 134 cm³/mol. The van der Waals surface area contributed by atoms with E-state index >= 15 is 0 Å². The minimum atomic E-state index is -3.94. The number of anilines is 1. The number of rotatable bonds is 7. The third kappa shape index (κ3) is 4.66. The van der Waals surface area contributed by atoms with Crippen LogP contribution in [0.2, 0.25) is 0 Å². The quantitative estimate of drug-likeness (QED) is 0.485. The molecule has 0 saturated heterocycles. The van der Waals surface area contributed by atoms with Gasteiger partial charge in [0.25, 0.3) is 15.9 Å². The molecular weight excluding hydrogens is 448 g/mol. The molecule has 0 fully saturated rings. The second-order valence-electron chi connectivity index (χ2n) is 8.69. The maximum absolute atomic E-state index is 13.8. The van der Waals surface area contributed by atoms with Crippen LogP contribution < -0.4 is 9.04 Å². The number of carbonyl (C=O) groups is 1. The van der Waals surface area contributed by atoms with Crippen LogP contribution in [0.25, 0.3) is 0 Å². The molecule has 1 heterocycles. The summed E-state index contributed by atoms with van der Waals surface area (Å²) in [6.45, 7) is 4.72. The summed E-state index contributed by atoms with van der Waals surface area (Å²) in [4.78, 5) is 15.3. The van der Waals surface area contributed by atoms with Gasteiger partial charge in [0.15, 0.2) is 0 Å². The molecule has 0 bridgehead atoms. The number of hydrogen-bond acceptors (Lipinski definition) is 4. The van der Waals surface area contributed by atoms with E-state index in [9.17, 15) is 13.2 Å². The number of ether oxygens (including phenoxy) is 1. The molecule has 1 aliphatic heterocycles. The molecule has 7 heteroatoms. The summed E-state index contributed by atoms with van der Waals surface area (Å²) in [6.07, 6.45) is 1.57. The van der Waals surface area contributed by atoms with E-state index in [1.165, 1.54) is 17.5 Å². The summed E-state index contributed by atoms with van der Waals surface area (Å²) in [6, 6.07) is 21.9. The number of methoxy groups -OCH3 is 1. The van der Waals surface area contributed by atoms with Crippen LogP contribution in [0.4, 0.5) is 5.69 Å². The van der Waals surface area contributed by atoms with Crippen molar-refractivity contribution in [3.8, 4) is 5.75 Å². The molecule has 0 aliphatic carbocycles. The monoisotopic (exact) mass is 478 g/mol. The van der Waals surface area contributed by atoms with Crippen LogP contribution in [0.5, 0.6) is 5.75 Å². The van der Waals surface area contributed by atoms with Crippen molar-refractivity contribution in [1.82, 2.24) is 4.90 Å². The lowest BCUT2D eigenvalue weighted by atomic mass is 10.0. The van der Waals surface area contributed by atoms with Gasteiger partial charge in [-0.3, -0.25) is 9.10 Å². The Bertz CT molecular complexity index is 1270. The van der Waals surface area contributed by atoms with Crippen molar-refractivity contribution in [3.63, 3.8) is 0 Å². The average molecular weight is 479 g/mol. The van der Waals surface area contributed by atoms with E-state index in [1.54, 1.807) is 17.0 Å². The Kier molecular flexibility index (Phi) is 6.93. The number of para-hydroxylation sites is 1. The molecule has 0 unspecified atom stereocenters. The fraction of sp³-hybridized carbons (Fsp3) is 0.296. The highest BCUT2D eigenvalue weighted by Gasteiger charge is 2.32. The van der Waals surface area contributed by atoms with Crippen molar-refractivity contribution in [2.75, 3.05) is 18.0 Å². The normalized spacial score (nSPS) is 13.5. The molecule has 1 aliphatic rings. The van der Waals surface area contributed by atoms with Gasteiger partial charge in [-0.15, -0.1) is 0 Å². The zero-order valence-corrected chi connectivity index (χ0v) is 20.6.